The third kappa shape index (κ3) is 2.02. The summed E-state index contributed by atoms with van der Waals surface area (Å²) in [5.74, 6) is -0.163. The van der Waals surface area contributed by atoms with Gasteiger partial charge in [-0.15, -0.1) is 0 Å². The number of carboxylic acids is 1. The van der Waals surface area contributed by atoms with Gasteiger partial charge in [-0.1, -0.05) is 13.3 Å². The first kappa shape index (κ1) is 10.5. The van der Waals surface area contributed by atoms with E-state index in [1.165, 1.54) is 0 Å². The van der Waals surface area contributed by atoms with Crippen LogP contribution in [-0.2, 0) is 4.79 Å². The molecule has 0 aromatic heterocycles. The largest absolute Gasteiger partial charge is 0.481 e. The van der Waals surface area contributed by atoms with Crippen molar-refractivity contribution >= 4 is 5.97 Å². The van der Waals surface area contributed by atoms with E-state index in [-0.39, 0.29) is 6.61 Å². The Morgan fingerprint density at radius 3 is 2.31 bits per heavy atom. The van der Waals surface area contributed by atoms with Crippen molar-refractivity contribution in [3.05, 3.63) is 0 Å². The highest BCUT2D eigenvalue weighted by Crippen LogP contribution is 2.39. The normalized spacial score (nSPS) is 34.5. The monoisotopic (exact) mass is 186 g/mol. The molecule has 1 aliphatic rings. The van der Waals surface area contributed by atoms with Gasteiger partial charge in [0.25, 0.3) is 0 Å². The maximum Gasteiger partial charge on any atom is 0.311 e. The predicted molar refractivity (Wildman–Crippen MR) is 49.4 cm³/mol. The number of hydrogen-bond acceptors (Lipinski definition) is 2. The molecule has 2 N–H and O–H groups in total. The lowest BCUT2D eigenvalue weighted by molar-refractivity contribution is -0.154. The van der Waals surface area contributed by atoms with Crippen LogP contribution in [0.25, 0.3) is 0 Å². The van der Waals surface area contributed by atoms with Crippen LogP contribution < -0.4 is 0 Å². The van der Waals surface area contributed by atoms with E-state index < -0.39 is 11.4 Å². The molecule has 13 heavy (non-hydrogen) atoms. The fourth-order valence-corrected chi connectivity index (χ4v) is 2.08. The number of carbonyl (C=O) groups is 1. The van der Waals surface area contributed by atoms with Gasteiger partial charge in [0.2, 0.25) is 0 Å². The van der Waals surface area contributed by atoms with Crippen molar-refractivity contribution < 1.29 is 15.0 Å². The van der Waals surface area contributed by atoms with Crippen molar-refractivity contribution in [2.24, 2.45) is 11.3 Å². The highest BCUT2D eigenvalue weighted by atomic mass is 16.4. The number of hydrogen-bond donors (Lipinski definition) is 2. The average Bonchev–Trinajstić information content (AvgIpc) is 2.17. The summed E-state index contributed by atoms with van der Waals surface area (Å²) in [7, 11) is 0. The molecule has 0 bridgehead atoms. The van der Waals surface area contributed by atoms with Crippen LogP contribution in [0.4, 0.5) is 0 Å². The summed E-state index contributed by atoms with van der Waals surface area (Å²) in [5.41, 5.74) is -0.828. The zero-order valence-electron chi connectivity index (χ0n) is 8.12. The van der Waals surface area contributed by atoms with Gasteiger partial charge in [-0.2, -0.15) is 0 Å². The standard InChI is InChI=1S/C10H18O3/c1-2-8-3-5-10(7-11,6-4-8)9(12)13/h8,11H,2-7H2,1H3,(H,12,13). The lowest BCUT2D eigenvalue weighted by Gasteiger charge is -2.34. The van der Waals surface area contributed by atoms with E-state index in [2.05, 4.69) is 6.92 Å². The minimum absolute atomic E-state index is 0.210. The minimum atomic E-state index is -0.829. The summed E-state index contributed by atoms with van der Waals surface area (Å²) in [6.07, 6.45) is 4.29. The summed E-state index contributed by atoms with van der Waals surface area (Å²) >= 11 is 0. The van der Waals surface area contributed by atoms with Crippen LogP contribution in [0.5, 0.6) is 0 Å². The molecule has 0 heterocycles. The van der Waals surface area contributed by atoms with Gasteiger partial charge in [0.15, 0.2) is 0 Å². The molecular weight excluding hydrogens is 168 g/mol. The van der Waals surface area contributed by atoms with Crippen LogP contribution in [0.1, 0.15) is 39.0 Å². The van der Waals surface area contributed by atoms with Crippen molar-refractivity contribution in [2.75, 3.05) is 6.61 Å². The summed E-state index contributed by atoms with van der Waals surface area (Å²) in [6.45, 7) is 1.93. The van der Waals surface area contributed by atoms with Gasteiger partial charge in [0.1, 0.15) is 0 Å². The van der Waals surface area contributed by atoms with E-state index in [1.807, 2.05) is 0 Å². The molecular formula is C10H18O3. The average molecular weight is 186 g/mol. The molecule has 0 spiro atoms. The highest BCUT2D eigenvalue weighted by molar-refractivity contribution is 5.74. The van der Waals surface area contributed by atoms with Crippen LogP contribution in [0.2, 0.25) is 0 Å². The van der Waals surface area contributed by atoms with Crippen molar-refractivity contribution in [3.63, 3.8) is 0 Å². The Hall–Kier alpha value is -0.570. The quantitative estimate of drug-likeness (QED) is 0.704. The molecule has 0 aromatic rings. The third-order valence-electron chi connectivity index (χ3n) is 3.40. The fraction of sp³-hybridized carbons (Fsp3) is 0.900. The SMILES string of the molecule is CCC1CCC(CO)(C(=O)O)CC1. The molecule has 1 aliphatic carbocycles. The topological polar surface area (TPSA) is 57.5 Å². The molecule has 0 radical (unpaired) electrons. The zero-order valence-corrected chi connectivity index (χ0v) is 8.12. The summed E-state index contributed by atoms with van der Waals surface area (Å²) < 4.78 is 0. The van der Waals surface area contributed by atoms with Crippen LogP contribution in [0, 0.1) is 11.3 Å². The van der Waals surface area contributed by atoms with Crippen LogP contribution in [0.3, 0.4) is 0 Å². The van der Waals surface area contributed by atoms with Crippen LogP contribution in [0.15, 0.2) is 0 Å². The summed E-state index contributed by atoms with van der Waals surface area (Å²) in [6, 6.07) is 0. The molecule has 1 rings (SSSR count). The van der Waals surface area contributed by atoms with Crippen molar-refractivity contribution in [2.45, 2.75) is 39.0 Å². The lowest BCUT2D eigenvalue weighted by atomic mass is 9.70. The molecule has 0 unspecified atom stereocenters. The first-order valence-electron chi connectivity index (χ1n) is 4.99. The van der Waals surface area contributed by atoms with E-state index in [4.69, 9.17) is 10.2 Å². The van der Waals surface area contributed by atoms with Gasteiger partial charge >= 0.3 is 5.97 Å². The maximum atomic E-state index is 10.9. The smallest absolute Gasteiger partial charge is 0.311 e. The lowest BCUT2D eigenvalue weighted by Crippen LogP contribution is -2.38. The summed E-state index contributed by atoms with van der Waals surface area (Å²) in [5, 5.41) is 18.1. The molecule has 0 amide bonds. The Morgan fingerprint density at radius 1 is 1.46 bits per heavy atom. The number of carboxylic acid groups (broad SMARTS) is 1. The number of aliphatic hydroxyl groups excluding tert-OH is 1. The zero-order chi connectivity index (χ0) is 9.90. The Bertz CT molecular complexity index is 181. The molecule has 76 valence electrons. The van der Waals surface area contributed by atoms with Gasteiger partial charge < -0.3 is 10.2 Å². The molecule has 1 saturated carbocycles. The number of rotatable bonds is 3. The van der Waals surface area contributed by atoms with Gasteiger partial charge in [0, 0.05) is 0 Å². The van der Waals surface area contributed by atoms with E-state index in [9.17, 15) is 4.79 Å². The first-order chi connectivity index (χ1) is 6.14. The molecule has 0 aliphatic heterocycles. The second kappa shape index (κ2) is 4.09. The Labute approximate surface area is 78.8 Å². The second-order valence-electron chi connectivity index (χ2n) is 4.10. The Kier molecular flexibility index (Phi) is 3.31. The maximum absolute atomic E-state index is 10.9. The molecule has 0 atom stereocenters. The van der Waals surface area contributed by atoms with Crippen LogP contribution >= 0.6 is 0 Å². The van der Waals surface area contributed by atoms with E-state index in [0.29, 0.717) is 18.8 Å². The molecule has 3 heteroatoms. The third-order valence-corrected chi connectivity index (χ3v) is 3.40. The van der Waals surface area contributed by atoms with Crippen molar-refractivity contribution in [1.29, 1.82) is 0 Å². The second-order valence-corrected chi connectivity index (χ2v) is 4.10. The molecule has 0 aromatic carbocycles. The molecule has 1 fully saturated rings. The van der Waals surface area contributed by atoms with E-state index in [1.54, 1.807) is 0 Å². The predicted octanol–water partition coefficient (Wildman–Crippen LogP) is 1.65. The van der Waals surface area contributed by atoms with Crippen molar-refractivity contribution in [1.82, 2.24) is 0 Å². The van der Waals surface area contributed by atoms with Gasteiger partial charge in [-0.3, -0.25) is 4.79 Å². The van der Waals surface area contributed by atoms with Gasteiger partial charge in [-0.05, 0) is 31.6 Å². The Balaban J connectivity index is 2.58. The number of aliphatic carboxylic acids is 1. The number of aliphatic hydroxyl groups is 1. The fourth-order valence-electron chi connectivity index (χ4n) is 2.08. The van der Waals surface area contributed by atoms with Crippen molar-refractivity contribution in [3.8, 4) is 0 Å². The summed E-state index contributed by atoms with van der Waals surface area (Å²) in [4.78, 5) is 10.9. The highest BCUT2D eigenvalue weighted by Gasteiger charge is 2.40. The van der Waals surface area contributed by atoms with Crippen LogP contribution in [-0.4, -0.2) is 22.8 Å². The Morgan fingerprint density at radius 2 is 2.00 bits per heavy atom. The molecule has 0 saturated heterocycles. The van der Waals surface area contributed by atoms with Gasteiger partial charge in [0.05, 0.1) is 12.0 Å². The molecule has 3 nitrogen and oxygen atoms in total. The van der Waals surface area contributed by atoms with E-state index >= 15 is 0 Å². The van der Waals surface area contributed by atoms with Gasteiger partial charge in [-0.25, -0.2) is 0 Å². The minimum Gasteiger partial charge on any atom is -0.481 e. The first-order valence-corrected chi connectivity index (χ1v) is 4.99. The van der Waals surface area contributed by atoms with E-state index in [0.717, 1.165) is 19.3 Å².